The molecular weight excluding hydrogens is 348 g/mol. The fraction of sp³-hybridized carbons (Fsp3) is 0.545. The summed E-state index contributed by atoms with van der Waals surface area (Å²) in [6, 6.07) is 10.5. The van der Waals surface area contributed by atoms with E-state index in [-0.39, 0.29) is 0 Å². The zero-order valence-electron chi connectivity index (χ0n) is 17.1. The van der Waals surface area contributed by atoms with Gasteiger partial charge in [-0.25, -0.2) is 0 Å². The van der Waals surface area contributed by atoms with Crippen molar-refractivity contribution in [3.8, 4) is 0 Å². The van der Waals surface area contributed by atoms with E-state index in [0.717, 1.165) is 32.0 Å². The van der Waals surface area contributed by atoms with Crippen molar-refractivity contribution in [1.82, 2.24) is 25.3 Å². The van der Waals surface area contributed by atoms with Crippen molar-refractivity contribution in [2.24, 2.45) is 4.99 Å². The highest BCUT2D eigenvalue weighted by molar-refractivity contribution is 5.79. The number of aliphatic imine (C=N–C) groups is 1. The molecule has 0 amide bonds. The zero-order chi connectivity index (χ0) is 19.4. The fourth-order valence-corrected chi connectivity index (χ4v) is 3.72. The van der Waals surface area contributed by atoms with Crippen molar-refractivity contribution < 1.29 is 0 Å². The number of hydrogen-bond acceptors (Lipinski definition) is 3. The monoisotopic (exact) mass is 382 g/mol. The van der Waals surface area contributed by atoms with E-state index in [0.29, 0.717) is 0 Å². The minimum absolute atomic E-state index is 0.753. The maximum Gasteiger partial charge on any atom is 0.191 e. The number of benzene rings is 1. The molecule has 1 saturated heterocycles. The minimum atomic E-state index is 0.753. The van der Waals surface area contributed by atoms with Crippen LogP contribution < -0.4 is 10.6 Å². The lowest BCUT2D eigenvalue weighted by Crippen LogP contribution is -2.38. The molecule has 2 aromatic rings. The van der Waals surface area contributed by atoms with Gasteiger partial charge in [-0.1, -0.05) is 37.1 Å². The largest absolute Gasteiger partial charge is 0.356 e. The lowest BCUT2D eigenvalue weighted by Gasteiger charge is -2.20. The molecule has 1 aromatic heterocycles. The summed E-state index contributed by atoms with van der Waals surface area (Å²) < 4.78 is 1.95. The van der Waals surface area contributed by atoms with Crippen molar-refractivity contribution in [2.45, 2.75) is 45.2 Å². The molecule has 0 saturated carbocycles. The van der Waals surface area contributed by atoms with E-state index < -0.39 is 0 Å². The molecule has 2 heterocycles. The first-order chi connectivity index (χ1) is 13.8. The van der Waals surface area contributed by atoms with Crippen molar-refractivity contribution in [1.29, 1.82) is 0 Å². The molecule has 0 bridgehead atoms. The SMILES string of the molecule is CN=C(NCCCN1CCCCCC1)NCc1ccccc1Cn1cccn1. The smallest absolute Gasteiger partial charge is 0.191 e. The molecule has 0 spiro atoms. The Morgan fingerprint density at radius 3 is 2.54 bits per heavy atom. The molecule has 1 aromatic carbocycles. The van der Waals surface area contributed by atoms with Crippen LogP contribution in [0.3, 0.4) is 0 Å². The number of guanidine groups is 1. The highest BCUT2D eigenvalue weighted by Crippen LogP contribution is 2.11. The average Bonchev–Trinajstić information content (AvgIpc) is 3.09. The molecule has 152 valence electrons. The second-order valence-corrected chi connectivity index (χ2v) is 7.43. The quantitative estimate of drug-likeness (QED) is 0.419. The van der Waals surface area contributed by atoms with Crippen LogP contribution in [0.2, 0.25) is 0 Å². The molecule has 1 aliphatic rings. The molecule has 2 N–H and O–H groups in total. The van der Waals surface area contributed by atoms with Crippen molar-refractivity contribution >= 4 is 5.96 Å². The van der Waals surface area contributed by atoms with Gasteiger partial charge >= 0.3 is 0 Å². The second kappa shape index (κ2) is 11.5. The predicted octanol–water partition coefficient (Wildman–Crippen LogP) is 2.86. The van der Waals surface area contributed by atoms with Gasteiger partial charge in [0.2, 0.25) is 0 Å². The molecule has 1 aliphatic heterocycles. The summed E-state index contributed by atoms with van der Waals surface area (Å²) in [7, 11) is 1.83. The Morgan fingerprint density at radius 2 is 1.82 bits per heavy atom. The number of likely N-dealkylation sites (tertiary alicyclic amines) is 1. The van der Waals surface area contributed by atoms with Gasteiger partial charge in [-0.3, -0.25) is 9.67 Å². The Kier molecular flexibility index (Phi) is 8.37. The van der Waals surface area contributed by atoms with Crippen LogP contribution in [-0.4, -0.2) is 53.9 Å². The van der Waals surface area contributed by atoms with Crippen molar-refractivity contribution in [3.05, 3.63) is 53.9 Å². The molecule has 0 unspecified atom stereocenters. The third-order valence-corrected chi connectivity index (χ3v) is 5.32. The summed E-state index contributed by atoms with van der Waals surface area (Å²) in [5, 5.41) is 11.2. The average molecular weight is 383 g/mol. The lowest BCUT2D eigenvalue weighted by molar-refractivity contribution is 0.282. The molecule has 0 radical (unpaired) electrons. The number of nitrogens with one attached hydrogen (secondary N) is 2. The molecule has 0 atom stereocenters. The predicted molar refractivity (Wildman–Crippen MR) is 115 cm³/mol. The normalized spacial score (nSPS) is 16.0. The van der Waals surface area contributed by atoms with Crippen LogP contribution in [0, 0.1) is 0 Å². The van der Waals surface area contributed by atoms with Crippen LogP contribution in [0.5, 0.6) is 0 Å². The van der Waals surface area contributed by atoms with Gasteiger partial charge in [0.15, 0.2) is 5.96 Å². The van der Waals surface area contributed by atoms with Gasteiger partial charge in [0, 0.05) is 32.5 Å². The molecule has 1 fully saturated rings. The van der Waals surface area contributed by atoms with Crippen molar-refractivity contribution in [2.75, 3.05) is 33.2 Å². The second-order valence-electron chi connectivity index (χ2n) is 7.43. The van der Waals surface area contributed by atoms with E-state index in [1.165, 1.54) is 56.4 Å². The van der Waals surface area contributed by atoms with E-state index in [4.69, 9.17) is 0 Å². The number of nitrogens with zero attached hydrogens (tertiary/aromatic N) is 4. The van der Waals surface area contributed by atoms with Gasteiger partial charge in [-0.2, -0.15) is 5.10 Å². The van der Waals surface area contributed by atoms with E-state index in [2.05, 4.69) is 49.9 Å². The Hall–Kier alpha value is -2.34. The van der Waals surface area contributed by atoms with Gasteiger partial charge < -0.3 is 15.5 Å². The Balaban J connectivity index is 1.41. The van der Waals surface area contributed by atoms with E-state index in [1.54, 1.807) is 0 Å². The van der Waals surface area contributed by atoms with Crippen LogP contribution in [0.4, 0.5) is 0 Å². The van der Waals surface area contributed by atoms with Gasteiger partial charge in [0.1, 0.15) is 0 Å². The van der Waals surface area contributed by atoms with Gasteiger partial charge in [-0.15, -0.1) is 0 Å². The van der Waals surface area contributed by atoms with E-state index >= 15 is 0 Å². The third kappa shape index (κ3) is 6.68. The number of aromatic nitrogens is 2. The highest BCUT2D eigenvalue weighted by Gasteiger charge is 2.08. The highest BCUT2D eigenvalue weighted by atomic mass is 15.3. The van der Waals surface area contributed by atoms with Gasteiger partial charge in [0.05, 0.1) is 6.54 Å². The van der Waals surface area contributed by atoms with Gasteiger partial charge in [-0.05, 0) is 56.1 Å². The zero-order valence-corrected chi connectivity index (χ0v) is 17.1. The van der Waals surface area contributed by atoms with E-state index in [1.807, 2.05) is 30.2 Å². The fourth-order valence-electron chi connectivity index (χ4n) is 3.72. The molecule has 3 rings (SSSR count). The standard InChI is InChI=1S/C22H34N6/c1-23-22(24-12-8-16-27-14-6-2-3-7-15-27)25-18-20-10-4-5-11-21(20)19-28-17-9-13-26-28/h4-5,9-11,13,17H,2-3,6-8,12,14-16,18-19H2,1H3,(H2,23,24,25). The third-order valence-electron chi connectivity index (χ3n) is 5.32. The van der Waals surface area contributed by atoms with Crippen LogP contribution in [0.1, 0.15) is 43.2 Å². The van der Waals surface area contributed by atoms with Crippen LogP contribution in [0.25, 0.3) is 0 Å². The minimum Gasteiger partial charge on any atom is -0.356 e. The van der Waals surface area contributed by atoms with Crippen LogP contribution in [0.15, 0.2) is 47.7 Å². The summed E-state index contributed by atoms with van der Waals surface area (Å²) in [5.74, 6) is 0.866. The summed E-state index contributed by atoms with van der Waals surface area (Å²) in [6.45, 7) is 6.19. The molecular formula is C22H34N6. The topological polar surface area (TPSA) is 57.5 Å². The number of hydrogen-bond donors (Lipinski definition) is 2. The van der Waals surface area contributed by atoms with Gasteiger partial charge in [0.25, 0.3) is 0 Å². The number of rotatable bonds is 8. The molecule has 6 nitrogen and oxygen atoms in total. The summed E-state index contributed by atoms with van der Waals surface area (Å²) in [6.07, 6.45) is 10.5. The maximum absolute atomic E-state index is 4.37. The first kappa shape index (κ1) is 20.4. The first-order valence-corrected chi connectivity index (χ1v) is 10.6. The van der Waals surface area contributed by atoms with Crippen LogP contribution >= 0.6 is 0 Å². The molecule has 0 aliphatic carbocycles. The Bertz CT molecular complexity index is 702. The molecule has 6 heteroatoms. The maximum atomic E-state index is 4.37. The molecule has 28 heavy (non-hydrogen) atoms. The van der Waals surface area contributed by atoms with E-state index in [9.17, 15) is 0 Å². The Morgan fingerprint density at radius 1 is 1.04 bits per heavy atom. The Labute approximate surface area is 169 Å². The first-order valence-electron chi connectivity index (χ1n) is 10.6. The summed E-state index contributed by atoms with van der Waals surface area (Å²) >= 11 is 0. The van der Waals surface area contributed by atoms with Crippen molar-refractivity contribution in [3.63, 3.8) is 0 Å². The van der Waals surface area contributed by atoms with Crippen LogP contribution in [-0.2, 0) is 13.1 Å². The lowest BCUT2D eigenvalue weighted by atomic mass is 10.1. The summed E-state index contributed by atoms with van der Waals surface area (Å²) in [5.41, 5.74) is 2.54. The summed E-state index contributed by atoms with van der Waals surface area (Å²) in [4.78, 5) is 6.98.